The molecule has 1 amide bonds. The first-order chi connectivity index (χ1) is 10.2. The number of fused-ring (bicyclic) bond motifs is 1. The molecule has 106 valence electrons. The highest BCUT2D eigenvalue weighted by Crippen LogP contribution is 2.31. The third-order valence-electron chi connectivity index (χ3n) is 4.38. The molecule has 0 radical (unpaired) electrons. The maximum absolute atomic E-state index is 12.2. The third-order valence-corrected chi connectivity index (χ3v) is 4.38. The molecule has 4 heteroatoms. The quantitative estimate of drug-likeness (QED) is 0.908. The number of hydrogen-bond acceptors (Lipinski definition) is 3. The zero-order valence-corrected chi connectivity index (χ0v) is 11.7. The van der Waals surface area contributed by atoms with E-state index in [-0.39, 0.29) is 11.4 Å². The molecular weight excluding hydrogens is 262 g/mol. The van der Waals surface area contributed by atoms with Crippen LogP contribution in [0.3, 0.4) is 0 Å². The Morgan fingerprint density at radius 3 is 2.71 bits per heavy atom. The second-order valence-electron chi connectivity index (χ2n) is 6.07. The molecule has 2 aliphatic rings. The number of pyridine rings is 1. The standard InChI is InChI=1S/C17H17N3O/c21-16-15-4-2-1-3-14(15)9-17(19-16)11-20(12-17)10-13-5-7-18-8-6-13/h1-8H,9-12H2,(H,19,21). The van der Waals surface area contributed by atoms with Crippen LogP contribution in [0.2, 0.25) is 0 Å². The lowest BCUT2D eigenvalue weighted by molar-refractivity contribution is 0.0277. The Labute approximate surface area is 123 Å². The van der Waals surface area contributed by atoms with E-state index in [1.807, 2.05) is 42.7 Å². The van der Waals surface area contributed by atoms with Gasteiger partial charge < -0.3 is 5.32 Å². The van der Waals surface area contributed by atoms with Crippen LogP contribution in [-0.4, -0.2) is 34.4 Å². The highest BCUT2D eigenvalue weighted by atomic mass is 16.2. The Morgan fingerprint density at radius 1 is 1.14 bits per heavy atom. The molecule has 3 heterocycles. The van der Waals surface area contributed by atoms with E-state index in [2.05, 4.69) is 21.3 Å². The summed E-state index contributed by atoms with van der Waals surface area (Å²) < 4.78 is 0. The summed E-state index contributed by atoms with van der Waals surface area (Å²) in [5.74, 6) is 0.0698. The number of rotatable bonds is 2. The highest BCUT2D eigenvalue weighted by Gasteiger charge is 2.46. The molecule has 21 heavy (non-hydrogen) atoms. The largest absolute Gasteiger partial charge is 0.344 e. The second kappa shape index (κ2) is 4.67. The van der Waals surface area contributed by atoms with E-state index in [9.17, 15) is 4.79 Å². The van der Waals surface area contributed by atoms with Crippen molar-refractivity contribution in [3.63, 3.8) is 0 Å². The van der Waals surface area contributed by atoms with Crippen molar-refractivity contribution in [1.29, 1.82) is 0 Å². The number of carbonyl (C=O) groups is 1. The van der Waals surface area contributed by atoms with Crippen LogP contribution in [0.1, 0.15) is 21.5 Å². The summed E-state index contributed by atoms with van der Waals surface area (Å²) in [6.07, 6.45) is 4.58. The van der Waals surface area contributed by atoms with E-state index >= 15 is 0 Å². The first kappa shape index (κ1) is 12.5. The highest BCUT2D eigenvalue weighted by molar-refractivity contribution is 5.97. The van der Waals surface area contributed by atoms with Crippen molar-refractivity contribution in [2.45, 2.75) is 18.5 Å². The van der Waals surface area contributed by atoms with Gasteiger partial charge in [-0.3, -0.25) is 14.7 Å². The molecule has 1 N–H and O–H groups in total. The van der Waals surface area contributed by atoms with Gasteiger partial charge in [0.25, 0.3) is 5.91 Å². The number of nitrogens with one attached hydrogen (secondary N) is 1. The lowest BCUT2D eigenvalue weighted by atomic mass is 9.78. The Bertz CT molecular complexity index is 677. The summed E-state index contributed by atoms with van der Waals surface area (Å²) in [6, 6.07) is 12.0. The molecule has 1 aromatic heterocycles. The minimum Gasteiger partial charge on any atom is -0.344 e. The Hall–Kier alpha value is -2.20. The van der Waals surface area contributed by atoms with Gasteiger partial charge in [-0.25, -0.2) is 0 Å². The van der Waals surface area contributed by atoms with Crippen molar-refractivity contribution < 1.29 is 4.79 Å². The maximum atomic E-state index is 12.2. The molecule has 0 unspecified atom stereocenters. The van der Waals surface area contributed by atoms with Crippen LogP contribution in [0.25, 0.3) is 0 Å². The molecule has 1 saturated heterocycles. The summed E-state index contributed by atoms with van der Waals surface area (Å²) in [4.78, 5) is 18.6. The van der Waals surface area contributed by atoms with E-state index in [0.717, 1.165) is 31.6 Å². The second-order valence-corrected chi connectivity index (χ2v) is 6.07. The number of nitrogens with zero attached hydrogens (tertiary/aromatic N) is 2. The lowest BCUT2D eigenvalue weighted by Crippen LogP contribution is -2.72. The van der Waals surface area contributed by atoms with E-state index in [0.29, 0.717) is 0 Å². The van der Waals surface area contributed by atoms with Crippen LogP contribution in [0, 0.1) is 0 Å². The Kier molecular flexibility index (Phi) is 2.79. The SMILES string of the molecule is O=C1NC2(Cc3ccccc31)CN(Cc1ccncc1)C2. The van der Waals surface area contributed by atoms with Gasteiger partial charge in [-0.15, -0.1) is 0 Å². The van der Waals surface area contributed by atoms with Crippen molar-refractivity contribution in [3.8, 4) is 0 Å². The molecule has 0 atom stereocenters. The number of aromatic nitrogens is 1. The molecule has 1 spiro atoms. The fourth-order valence-corrected chi connectivity index (χ4v) is 3.47. The molecule has 4 rings (SSSR count). The maximum Gasteiger partial charge on any atom is 0.252 e. The monoisotopic (exact) mass is 279 g/mol. The van der Waals surface area contributed by atoms with E-state index in [1.54, 1.807) is 0 Å². The van der Waals surface area contributed by atoms with Gasteiger partial charge in [-0.2, -0.15) is 0 Å². The van der Waals surface area contributed by atoms with Crippen LogP contribution in [0.4, 0.5) is 0 Å². The van der Waals surface area contributed by atoms with E-state index in [1.165, 1.54) is 11.1 Å². The zero-order valence-electron chi connectivity index (χ0n) is 11.7. The van der Waals surface area contributed by atoms with Gasteiger partial charge in [-0.05, 0) is 35.7 Å². The van der Waals surface area contributed by atoms with Gasteiger partial charge in [0.05, 0.1) is 5.54 Å². The first-order valence-electron chi connectivity index (χ1n) is 7.26. The fourth-order valence-electron chi connectivity index (χ4n) is 3.47. The number of likely N-dealkylation sites (tertiary alicyclic amines) is 1. The molecule has 1 fully saturated rings. The van der Waals surface area contributed by atoms with Gasteiger partial charge in [0.1, 0.15) is 0 Å². The van der Waals surface area contributed by atoms with Crippen LogP contribution in [-0.2, 0) is 13.0 Å². The van der Waals surface area contributed by atoms with Crippen molar-refractivity contribution >= 4 is 5.91 Å². The van der Waals surface area contributed by atoms with Crippen molar-refractivity contribution in [2.24, 2.45) is 0 Å². The van der Waals surface area contributed by atoms with Crippen molar-refractivity contribution in [1.82, 2.24) is 15.2 Å². The van der Waals surface area contributed by atoms with Crippen molar-refractivity contribution in [2.75, 3.05) is 13.1 Å². The summed E-state index contributed by atoms with van der Waals surface area (Å²) in [5, 5.41) is 3.21. The smallest absolute Gasteiger partial charge is 0.252 e. The minimum atomic E-state index is -0.0710. The number of carbonyl (C=O) groups excluding carboxylic acids is 1. The lowest BCUT2D eigenvalue weighted by Gasteiger charge is -2.52. The van der Waals surface area contributed by atoms with Crippen LogP contribution in [0.15, 0.2) is 48.8 Å². The number of amides is 1. The average molecular weight is 279 g/mol. The molecular formula is C17H17N3O. The minimum absolute atomic E-state index is 0.0698. The van der Waals surface area contributed by atoms with Gasteiger partial charge in [0.15, 0.2) is 0 Å². The molecule has 2 aliphatic heterocycles. The predicted molar refractivity (Wildman–Crippen MR) is 79.9 cm³/mol. The normalized spacial score (nSPS) is 19.7. The topological polar surface area (TPSA) is 45.2 Å². The Balaban J connectivity index is 1.47. The van der Waals surface area contributed by atoms with E-state index < -0.39 is 0 Å². The summed E-state index contributed by atoms with van der Waals surface area (Å²) in [6.45, 7) is 2.74. The molecule has 0 bridgehead atoms. The van der Waals surface area contributed by atoms with Crippen LogP contribution < -0.4 is 5.32 Å². The third kappa shape index (κ3) is 2.21. The molecule has 2 aromatic rings. The van der Waals surface area contributed by atoms with Crippen molar-refractivity contribution in [3.05, 3.63) is 65.5 Å². The first-order valence-corrected chi connectivity index (χ1v) is 7.26. The fraction of sp³-hybridized carbons (Fsp3) is 0.294. The van der Waals surface area contributed by atoms with Crippen LogP contribution >= 0.6 is 0 Å². The molecule has 0 aliphatic carbocycles. The van der Waals surface area contributed by atoms with Gasteiger partial charge in [0.2, 0.25) is 0 Å². The predicted octanol–water partition coefficient (Wildman–Crippen LogP) is 1.62. The van der Waals surface area contributed by atoms with Crippen LogP contribution in [0.5, 0.6) is 0 Å². The number of benzene rings is 1. The van der Waals surface area contributed by atoms with Gasteiger partial charge in [0, 0.05) is 37.6 Å². The zero-order chi connectivity index (χ0) is 14.3. The number of hydrogen-bond donors (Lipinski definition) is 1. The summed E-state index contributed by atoms with van der Waals surface area (Å²) >= 11 is 0. The molecule has 4 nitrogen and oxygen atoms in total. The van der Waals surface area contributed by atoms with Gasteiger partial charge >= 0.3 is 0 Å². The average Bonchev–Trinajstić information content (AvgIpc) is 2.47. The molecule has 1 aromatic carbocycles. The summed E-state index contributed by atoms with van der Waals surface area (Å²) in [5.41, 5.74) is 3.20. The van der Waals surface area contributed by atoms with E-state index in [4.69, 9.17) is 0 Å². The van der Waals surface area contributed by atoms with Gasteiger partial charge in [-0.1, -0.05) is 18.2 Å². The molecule has 0 saturated carbocycles. The Morgan fingerprint density at radius 2 is 1.90 bits per heavy atom. The summed E-state index contributed by atoms with van der Waals surface area (Å²) in [7, 11) is 0.